The summed E-state index contributed by atoms with van der Waals surface area (Å²) in [6.45, 7) is 6.35. The van der Waals surface area contributed by atoms with Gasteiger partial charge in [-0.05, 0) is 49.3 Å². The topological polar surface area (TPSA) is 83.7 Å². The summed E-state index contributed by atoms with van der Waals surface area (Å²) in [6, 6.07) is 7.21. The summed E-state index contributed by atoms with van der Waals surface area (Å²) in [5.41, 5.74) is 7.11. The fraction of sp³-hybridized carbons (Fsp3) is 0.650. The summed E-state index contributed by atoms with van der Waals surface area (Å²) in [5.74, 6) is 0.417. The van der Waals surface area contributed by atoms with Crippen LogP contribution < -0.4 is 5.73 Å². The van der Waals surface area contributed by atoms with Crippen LogP contribution in [0.15, 0.2) is 29.2 Å². The number of nitrogens with two attached hydrogens (primary N) is 1. The zero-order chi connectivity index (χ0) is 19.6. The van der Waals surface area contributed by atoms with E-state index >= 15 is 0 Å². The molecule has 1 unspecified atom stereocenters. The Morgan fingerprint density at radius 2 is 1.70 bits per heavy atom. The third-order valence-corrected chi connectivity index (χ3v) is 7.67. The van der Waals surface area contributed by atoms with Crippen LogP contribution in [0.4, 0.5) is 0 Å². The Kier molecular flexibility index (Phi) is 6.23. The average Bonchev–Trinajstić information content (AvgIpc) is 2.67. The summed E-state index contributed by atoms with van der Waals surface area (Å²) in [6.07, 6.45) is 3.07. The van der Waals surface area contributed by atoms with E-state index < -0.39 is 10.0 Å². The molecular formula is C20H31N3O3S. The van der Waals surface area contributed by atoms with Crippen LogP contribution in [0.1, 0.15) is 51.0 Å². The molecule has 1 atom stereocenters. The number of carbonyl (C=O) groups is 1. The lowest BCUT2D eigenvalue weighted by molar-refractivity contribution is -0.137. The van der Waals surface area contributed by atoms with Crippen LogP contribution >= 0.6 is 0 Å². The van der Waals surface area contributed by atoms with Gasteiger partial charge in [-0.3, -0.25) is 4.79 Å². The van der Waals surface area contributed by atoms with E-state index in [9.17, 15) is 13.2 Å². The predicted octanol–water partition coefficient (Wildman–Crippen LogP) is 2.16. The molecule has 2 aliphatic rings. The van der Waals surface area contributed by atoms with Gasteiger partial charge in [0.05, 0.1) is 4.90 Å². The molecule has 1 amide bonds. The summed E-state index contributed by atoms with van der Waals surface area (Å²) in [4.78, 5) is 14.9. The number of carbonyl (C=O) groups excluding carboxylic acids is 1. The standard InChI is InChI=1S/C20H31N3O3S/c1-15(2)16-5-7-19(8-6-16)27(25,26)23-12-9-17(10-13-23)20(24)22-11-3-4-18(21)14-22/h5-8,15,17-18H,3-4,9-14,21H2,1-2H3. The lowest BCUT2D eigenvalue weighted by atomic mass is 9.95. The molecule has 6 nitrogen and oxygen atoms in total. The molecule has 1 aromatic rings. The second kappa shape index (κ2) is 8.29. The second-order valence-corrected chi connectivity index (χ2v) is 10.0. The van der Waals surface area contributed by atoms with Crippen molar-refractivity contribution in [2.75, 3.05) is 26.2 Å². The molecule has 1 aromatic carbocycles. The molecule has 0 aliphatic carbocycles. The highest BCUT2D eigenvalue weighted by Crippen LogP contribution is 2.27. The predicted molar refractivity (Wildman–Crippen MR) is 106 cm³/mol. The first kappa shape index (κ1) is 20.3. The van der Waals surface area contributed by atoms with Gasteiger partial charge in [0.1, 0.15) is 0 Å². The molecule has 2 saturated heterocycles. The number of benzene rings is 1. The molecular weight excluding hydrogens is 362 g/mol. The molecule has 0 radical (unpaired) electrons. The van der Waals surface area contributed by atoms with Gasteiger partial charge in [0.2, 0.25) is 15.9 Å². The van der Waals surface area contributed by atoms with Crippen molar-refractivity contribution < 1.29 is 13.2 Å². The van der Waals surface area contributed by atoms with E-state index in [1.165, 1.54) is 4.31 Å². The lowest BCUT2D eigenvalue weighted by Gasteiger charge is -2.36. The van der Waals surface area contributed by atoms with E-state index in [1.54, 1.807) is 12.1 Å². The number of amides is 1. The highest BCUT2D eigenvalue weighted by molar-refractivity contribution is 7.89. The van der Waals surface area contributed by atoms with Gasteiger partial charge in [-0.25, -0.2) is 8.42 Å². The van der Waals surface area contributed by atoms with Gasteiger partial charge in [0, 0.05) is 38.1 Å². The van der Waals surface area contributed by atoms with Crippen LogP contribution in [0.25, 0.3) is 0 Å². The first-order valence-electron chi connectivity index (χ1n) is 9.93. The zero-order valence-electron chi connectivity index (χ0n) is 16.3. The SMILES string of the molecule is CC(C)c1ccc(S(=O)(=O)N2CCC(C(=O)N3CCCC(N)C3)CC2)cc1. The zero-order valence-corrected chi connectivity index (χ0v) is 17.1. The first-order chi connectivity index (χ1) is 12.8. The molecule has 0 spiro atoms. The fourth-order valence-corrected chi connectivity index (χ4v) is 5.45. The number of nitrogens with zero attached hydrogens (tertiary/aromatic N) is 2. The van der Waals surface area contributed by atoms with Crippen molar-refractivity contribution in [3.05, 3.63) is 29.8 Å². The van der Waals surface area contributed by atoms with Crippen LogP contribution in [0.3, 0.4) is 0 Å². The maximum Gasteiger partial charge on any atom is 0.243 e. The van der Waals surface area contributed by atoms with Crippen molar-refractivity contribution in [1.29, 1.82) is 0 Å². The van der Waals surface area contributed by atoms with E-state index in [1.807, 2.05) is 17.0 Å². The fourth-order valence-electron chi connectivity index (χ4n) is 3.99. The minimum atomic E-state index is -3.50. The van der Waals surface area contributed by atoms with Gasteiger partial charge < -0.3 is 10.6 Å². The molecule has 27 heavy (non-hydrogen) atoms. The van der Waals surface area contributed by atoms with Crippen LogP contribution in [0.5, 0.6) is 0 Å². The minimum Gasteiger partial charge on any atom is -0.341 e. The normalized spacial score (nSPS) is 23.0. The minimum absolute atomic E-state index is 0.0666. The Labute approximate surface area is 162 Å². The smallest absolute Gasteiger partial charge is 0.243 e. The van der Waals surface area contributed by atoms with Gasteiger partial charge in [0.25, 0.3) is 0 Å². The van der Waals surface area contributed by atoms with Crippen molar-refractivity contribution in [2.24, 2.45) is 11.7 Å². The van der Waals surface area contributed by atoms with Crippen molar-refractivity contribution in [1.82, 2.24) is 9.21 Å². The van der Waals surface area contributed by atoms with Gasteiger partial charge >= 0.3 is 0 Å². The summed E-state index contributed by atoms with van der Waals surface area (Å²) in [5, 5.41) is 0. The van der Waals surface area contributed by atoms with Crippen LogP contribution in [-0.4, -0.2) is 55.8 Å². The maximum absolute atomic E-state index is 12.9. The van der Waals surface area contributed by atoms with E-state index in [2.05, 4.69) is 13.8 Å². The highest BCUT2D eigenvalue weighted by atomic mass is 32.2. The third-order valence-electron chi connectivity index (χ3n) is 5.76. The van der Waals surface area contributed by atoms with E-state index in [4.69, 9.17) is 5.73 Å². The Morgan fingerprint density at radius 1 is 1.07 bits per heavy atom. The molecule has 2 N–H and O–H groups in total. The third kappa shape index (κ3) is 4.52. The summed E-state index contributed by atoms with van der Waals surface area (Å²) >= 11 is 0. The Balaban J connectivity index is 1.61. The molecule has 0 aromatic heterocycles. The molecule has 2 heterocycles. The quantitative estimate of drug-likeness (QED) is 0.850. The molecule has 7 heteroatoms. The number of hydrogen-bond acceptors (Lipinski definition) is 4. The molecule has 3 rings (SSSR count). The largest absolute Gasteiger partial charge is 0.341 e. The molecule has 0 bridgehead atoms. The maximum atomic E-state index is 12.9. The summed E-state index contributed by atoms with van der Waals surface area (Å²) < 4.78 is 27.3. The van der Waals surface area contributed by atoms with Crippen molar-refractivity contribution in [2.45, 2.75) is 56.4 Å². The van der Waals surface area contributed by atoms with Crippen molar-refractivity contribution >= 4 is 15.9 Å². The Hall–Kier alpha value is -1.44. The highest BCUT2D eigenvalue weighted by Gasteiger charge is 2.34. The summed E-state index contributed by atoms with van der Waals surface area (Å²) in [7, 11) is -3.50. The van der Waals surface area contributed by atoms with Gasteiger partial charge in [-0.15, -0.1) is 0 Å². The number of piperidine rings is 2. The first-order valence-corrected chi connectivity index (χ1v) is 11.4. The lowest BCUT2D eigenvalue weighted by Crippen LogP contribution is -2.50. The van der Waals surface area contributed by atoms with Gasteiger partial charge in [-0.2, -0.15) is 4.31 Å². The average molecular weight is 394 g/mol. The van der Waals surface area contributed by atoms with Crippen molar-refractivity contribution in [3.8, 4) is 0 Å². The van der Waals surface area contributed by atoms with Crippen LogP contribution in [0, 0.1) is 5.92 Å². The van der Waals surface area contributed by atoms with Gasteiger partial charge in [0.15, 0.2) is 0 Å². The molecule has 150 valence electrons. The van der Waals surface area contributed by atoms with Gasteiger partial charge in [-0.1, -0.05) is 26.0 Å². The Morgan fingerprint density at radius 3 is 2.26 bits per heavy atom. The molecule has 2 aliphatic heterocycles. The van der Waals surface area contributed by atoms with Crippen molar-refractivity contribution in [3.63, 3.8) is 0 Å². The van der Waals surface area contributed by atoms with E-state index in [0.717, 1.165) is 24.9 Å². The number of sulfonamides is 1. The molecule has 2 fully saturated rings. The monoisotopic (exact) mass is 393 g/mol. The molecule has 0 saturated carbocycles. The van der Waals surface area contributed by atoms with Crippen LogP contribution in [-0.2, 0) is 14.8 Å². The number of likely N-dealkylation sites (tertiary alicyclic amines) is 1. The van der Waals surface area contributed by atoms with E-state index in [-0.39, 0.29) is 17.9 Å². The Bertz CT molecular complexity index is 753. The number of rotatable bonds is 4. The second-order valence-electron chi connectivity index (χ2n) is 8.09. The number of hydrogen-bond donors (Lipinski definition) is 1. The van der Waals surface area contributed by atoms with Crippen LogP contribution in [0.2, 0.25) is 0 Å². The van der Waals surface area contributed by atoms with E-state index in [0.29, 0.717) is 43.3 Å².